The molecule has 43 heavy (non-hydrogen) atoms. The highest BCUT2D eigenvalue weighted by Crippen LogP contribution is 2.33. The first kappa shape index (κ1) is 30.0. The number of piperazine rings is 1. The van der Waals surface area contributed by atoms with Crippen molar-refractivity contribution in [2.75, 3.05) is 56.2 Å². The van der Waals surface area contributed by atoms with Crippen molar-refractivity contribution in [1.82, 2.24) is 14.9 Å². The van der Waals surface area contributed by atoms with Gasteiger partial charge in [0, 0.05) is 74.5 Å². The molecule has 0 aliphatic carbocycles. The van der Waals surface area contributed by atoms with Crippen LogP contribution in [0.2, 0.25) is 0 Å². The van der Waals surface area contributed by atoms with E-state index in [-0.39, 0.29) is 18.7 Å². The molecule has 4 heterocycles. The molecule has 2 N–H and O–H groups in total. The van der Waals surface area contributed by atoms with E-state index in [1.54, 1.807) is 25.4 Å². The Bertz CT molecular complexity index is 1570. The first-order valence-corrected chi connectivity index (χ1v) is 14.5. The molecule has 2 aliphatic rings. The van der Waals surface area contributed by atoms with Gasteiger partial charge in [-0.2, -0.15) is 0 Å². The molecule has 2 aromatic heterocycles. The highest BCUT2D eigenvalue weighted by molar-refractivity contribution is 5.93. The summed E-state index contributed by atoms with van der Waals surface area (Å²) in [6, 6.07) is 15.9. The van der Waals surface area contributed by atoms with Gasteiger partial charge in [0.1, 0.15) is 11.6 Å². The van der Waals surface area contributed by atoms with E-state index in [9.17, 15) is 14.0 Å². The number of hydrogen-bond donors (Lipinski definition) is 2. The fraction of sp³-hybridized carbons (Fsp3) is 0.375. The van der Waals surface area contributed by atoms with Crippen LogP contribution in [0.1, 0.15) is 25.7 Å². The van der Waals surface area contributed by atoms with Gasteiger partial charge in [0.15, 0.2) is 0 Å². The zero-order valence-electron chi connectivity index (χ0n) is 24.2. The van der Waals surface area contributed by atoms with E-state index in [0.717, 1.165) is 85.7 Å². The van der Waals surface area contributed by atoms with Gasteiger partial charge in [-0.15, -0.1) is 0 Å². The number of carboxylic acid groups (broad SMARTS) is 2. The zero-order chi connectivity index (χ0) is 30.3. The Kier molecular flexibility index (Phi) is 9.51. The second-order valence-electron chi connectivity index (χ2n) is 10.7. The van der Waals surface area contributed by atoms with Crippen molar-refractivity contribution in [3.05, 3.63) is 66.7 Å². The zero-order valence-corrected chi connectivity index (χ0v) is 24.2. The molecule has 0 atom stereocenters. The number of halogens is 1. The van der Waals surface area contributed by atoms with Crippen molar-refractivity contribution in [3.63, 3.8) is 0 Å². The van der Waals surface area contributed by atoms with Crippen LogP contribution < -0.4 is 14.5 Å². The summed E-state index contributed by atoms with van der Waals surface area (Å²) in [5.41, 5.74) is 4.00. The Labute approximate surface area is 249 Å². The highest BCUT2D eigenvalue weighted by atomic mass is 19.1. The quantitative estimate of drug-likeness (QED) is 0.315. The number of anilines is 2. The van der Waals surface area contributed by atoms with E-state index in [1.165, 1.54) is 0 Å². The van der Waals surface area contributed by atoms with Gasteiger partial charge in [-0.1, -0.05) is 6.07 Å². The van der Waals surface area contributed by atoms with Crippen molar-refractivity contribution in [2.45, 2.75) is 31.7 Å². The molecule has 2 aromatic carbocycles. The highest BCUT2D eigenvalue weighted by Gasteiger charge is 2.29. The van der Waals surface area contributed by atoms with E-state index in [4.69, 9.17) is 14.9 Å². The molecule has 0 amide bonds. The molecule has 2 aliphatic heterocycles. The molecule has 2 saturated heterocycles. The second-order valence-corrected chi connectivity index (χ2v) is 10.7. The molecule has 0 spiro atoms. The monoisotopic (exact) mass is 589 g/mol. The predicted octanol–water partition coefficient (Wildman–Crippen LogP) is 4.66. The molecular weight excluding hydrogens is 553 g/mol. The van der Waals surface area contributed by atoms with Gasteiger partial charge in [-0.25, -0.2) is 4.39 Å². The van der Waals surface area contributed by atoms with Crippen LogP contribution in [0.3, 0.4) is 0 Å². The third kappa shape index (κ3) is 7.11. The summed E-state index contributed by atoms with van der Waals surface area (Å²) in [4.78, 5) is 35.9. The largest absolute Gasteiger partial charge is 0.497 e. The molecular formula is C32H36FN5O5. The number of fused-ring (bicyclic) bond motifs is 2. The smallest absolute Gasteiger partial charge is 0.303 e. The van der Waals surface area contributed by atoms with Gasteiger partial charge in [0.25, 0.3) is 0 Å². The van der Waals surface area contributed by atoms with Crippen LogP contribution in [0.15, 0.2) is 60.9 Å². The second kappa shape index (κ2) is 13.6. The molecule has 2 fully saturated rings. The van der Waals surface area contributed by atoms with Crippen LogP contribution in [-0.4, -0.2) is 89.4 Å². The van der Waals surface area contributed by atoms with Crippen molar-refractivity contribution in [3.8, 4) is 5.75 Å². The van der Waals surface area contributed by atoms with Gasteiger partial charge in [-0.3, -0.25) is 24.5 Å². The number of aromatic nitrogens is 2. The Morgan fingerprint density at radius 2 is 1.47 bits per heavy atom. The first-order chi connectivity index (χ1) is 20.8. The summed E-state index contributed by atoms with van der Waals surface area (Å²) in [6.07, 6.45) is 5.23. The fourth-order valence-corrected chi connectivity index (χ4v) is 5.90. The number of carboxylic acids is 2. The normalized spacial score (nSPS) is 16.1. The fourth-order valence-electron chi connectivity index (χ4n) is 5.90. The Morgan fingerprint density at radius 1 is 0.837 bits per heavy atom. The third-order valence-electron chi connectivity index (χ3n) is 8.12. The van der Waals surface area contributed by atoms with Crippen molar-refractivity contribution >= 4 is 45.1 Å². The average Bonchev–Trinajstić information content (AvgIpc) is 3.04. The predicted molar refractivity (Wildman–Crippen MR) is 164 cm³/mol. The van der Waals surface area contributed by atoms with Crippen LogP contribution in [0.25, 0.3) is 21.8 Å². The maximum absolute atomic E-state index is 14.2. The Hall–Kier alpha value is -4.51. The lowest BCUT2D eigenvalue weighted by Crippen LogP contribution is -2.53. The van der Waals surface area contributed by atoms with Gasteiger partial charge < -0.3 is 24.7 Å². The molecule has 0 bridgehead atoms. The molecule has 0 saturated carbocycles. The molecule has 0 radical (unpaired) electrons. The standard InChI is InChI=1S/C28H30FN5O.C4H6O4/c1-35-22-18-20-4-2-10-30-27(20)26(19-22)34-16-14-32(15-17-34)21-8-12-33(13-9-21)25-7-6-24(29)23-5-3-11-31-28(23)25;5-3(6)1-2-4(7)8/h2-7,10-11,18-19,21H,8-9,12-17H2,1H3;1-2H2,(H,5,6)(H,7,8). The number of piperidine rings is 1. The number of pyridine rings is 2. The lowest BCUT2D eigenvalue weighted by atomic mass is 10.0. The van der Waals surface area contributed by atoms with Gasteiger partial charge in [-0.05, 0) is 49.2 Å². The lowest BCUT2D eigenvalue weighted by molar-refractivity contribution is -0.143. The van der Waals surface area contributed by atoms with E-state index < -0.39 is 11.9 Å². The van der Waals surface area contributed by atoms with Crippen molar-refractivity contribution in [1.29, 1.82) is 0 Å². The molecule has 226 valence electrons. The summed E-state index contributed by atoms with van der Waals surface area (Å²) >= 11 is 0. The lowest BCUT2D eigenvalue weighted by Gasteiger charge is -2.44. The molecule has 0 unspecified atom stereocenters. The van der Waals surface area contributed by atoms with Gasteiger partial charge in [0.2, 0.25) is 0 Å². The van der Waals surface area contributed by atoms with Gasteiger partial charge in [0.05, 0.1) is 42.4 Å². The third-order valence-corrected chi connectivity index (χ3v) is 8.12. The number of carbonyl (C=O) groups is 2. The van der Waals surface area contributed by atoms with E-state index in [0.29, 0.717) is 11.4 Å². The minimum absolute atomic E-state index is 0.205. The number of methoxy groups -OCH3 is 1. The Morgan fingerprint density at radius 3 is 2.12 bits per heavy atom. The van der Waals surface area contributed by atoms with E-state index >= 15 is 0 Å². The Balaban J connectivity index is 0.000000407. The van der Waals surface area contributed by atoms with E-state index in [1.807, 2.05) is 24.4 Å². The van der Waals surface area contributed by atoms with E-state index in [2.05, 4.69) is 42.9 Å². The minimum Gasteiger partial charge on any atom is -0.497 e. The number of nitrogens with zero attached hydrogens (tertiary/aromatic N) is 5. The molecule has 10 nitrogen and oxygen atoms in total. The molecule has 4 aromatic rings. The number of benzene rings is 2. The number of aliphatic carboxylic acids is 2. The maximum atomic E-state index is 14.2. The minimum atomic E-state index is -1.08. The molecule has 6 rings (SSSR count). The number of hydrogen-bond acceptors (Lipinski definition) is 8. The summed E-state index contributed by atoms with van der Waals surface area (Å²) in [5.74, 6) is -1.48. The van der Waals surface area contributed by atoms with Gasteiger partial charge >= 0.3 is 11.9 Å². The van der Waals surface area contributed by atoms with Crippen LogP contribution in [0.4, 0.5) is 15.8 Å². The van der Waals surface area contributed by atoms with Crippen LogP contribution >= 0.6 is 0 Å². The first-order valence-electron chi connectivity index (χ1n) is 14.5. The summed E-state index contributed by atoms with van der Waals surface area (Å²) < 4.78 is 19.8. The van der Waals surface area contributed by atoms with Crippen LogP contribution in [0.5, 0.6) is 5.75 Å². The average molecular weight is 590 g/mol. The molecule has 11 heteroatoms. The maximum Gasteiger partial charge on any atom is 0.303 e. The number of ether oxygens (including phenoxy) is 1. The van der Waals surface area contributed by atoms with Crippen LogP contribution in [-0.2, 0) is 9.59 Å². The SMILES string of the molecule is COc1cc(N2CCN(C3CCN(c4ccc(F)c5cccnc45)CC3)CC2)c2ncccc2c1.O=C(O)CCC(=O)O. The summed E-state index contributed by atoms with van der Waals surface area (Å²) in [5, 5.41) is 17.5. The van der Waals surface area contributed by atoms with Crippen molar-refractivity contribution in [2.24, 2.45) is 0 Å². The van der Waals surface area contributed by atoms with Crippen LogP contribution in [0, 0.1) is 5.82 Å². The summed E-state index contributed by atoms with van der Waals surface area (Å²) in [6.45, 7) is 5.96. The topological polar surface area (TPSA) is 119 Å². The summed E-state index contributed by atoms with van der Waals surface area (Å²) in [7, 11) is 1.72. The van der Waals surface area contributed by atoms with Crippen molar-refractivity contribution < 1.29 is 28.9 Å². The number of rotatable bonds is 7.